The zero-order valence-corrected chi connectivity index (χ0v) is 10.2. The van der Waals surface area contributed by atoms with Crippen LogP contribution in [0.5, 0.6) is 0 Å². The molecule has 0 aromatic carbocycles. The molecule has 16 heavy (non-hydrogen) atoms. The van der Waals surface area contributed by atoms with Gasteiger partial charge in [-0.25, -0.2) is 9.59 Å². The average molecular weight is 250 g/mol. The van der Waals surface area contributed by atoms with E-state index in [1.54, 1.807) is 11.8 Å². The summed E-state index contributed by atoms with van der Waals surface area (Å²) in [7, 11) is 0. The summed E-state index contributed by atoms with van der Waals surface area (Å²) < 4.78 is 0. The fraction of sp³-hybridized carbons (Fsp3) is 0.778. The van der Waals surface area contributed by atoms with E-state index in [1.807, 2.05) is 13.8 Å². The van der Waals surface area contributed by atoms with Crippen molar-refractivity contribution >= 4 is 23.8 Å². The van der Waals surface area contributed by atoms with Gasteiger partial charge >= 0.3 is 12.0 Å². The van der Waals surface area contributed by atoms with Gasteiger partial charge < -0.3 is 20.8 Å². The third-order valence-corrected chi connectivity index (χ3v) is 2.83. The lowest BCUT2D eigenvalue weighted by molar-refractivity contribution is -0.146. The average Bonchev–Trinajstić information content (AvgIpc) is 2.22. The van der Waals surface area contributed by atoms with Gasteiger partial charge in [0.05, 0.1) is 6.54 Å². The van der Waals surface area contributed by atoms with Crippen LogP contribution in [0.4, 0.5) is 4.79 Å². The molecule has 0 aliphatic rings. The third kappa shape index (κ3) is 7.36. The number of urea groups is 1. The highest BCUT2D eigenvalue weighted by Crippen LogP contribution is 2.00. The summed E-state index contributed by atoms with van der Waals surface area (Å²) in [6, 6.07) is -0.462. The number of aliphatic carboxylic acids is 1. The minimum atomic E-state index is -1.56. The number of rotatable bonds is 7. The smallest absolute Gasteiger partial charge is 0.334 e. The Morgan fingerprint density at radius 1 is 1.44 bits per heavy atom. The molecule has 0 aromatic heterocycles. The lowest BCUT2D eigenvalue weighted by Crippen LogP contribution is -2.45. The summed E-state index contributed by atoms with van der Waals surface area (Å²) in [5, 5.41) is 22.2. The minimum absolute atomic E-state index is 0.00641. The molecule has 0 aromatic rings. The first-order valence-corrected chi connectivity index (χ1v) is 6.15. The van der Waals surface area contributed by atoms with Gasteiger partial charge in [-0.1, -0.05) is 6.92 Å². The van der Waals surface area contributed by atoms with Gasteiger partial charge in [-0.3, -0.25) is 0 Å². The minimum Gasteiger partial charge on any atom is -0.479 e. The summed E-state index contributed by atoms with van der Waals surface area (Å²) >= 11 is 1.70. The van der Waals surface area contributed by atoms with Crippen molar-refractivity contribution in [2.45, 2.75) is 26.0 Å². The third-order valence-electron chi connectivity index (χ3n) is 1.69. The van der Waals surface area contributed by atoms with Gasteiger partial charge in [0, 0.05) is 11.8 Å². The lowest BCUT2D eigenvalue weighted by atomic mass is 10.3. The van der Waals surface area contributed by atoms with E-state index in [2.05, 4.69) is 10.6 Å². The summed E-state index contributed by atoms with van der Waals surface area (Å²) in [6.45, 7) is 3.59. The van der Waals surface area contributed by atoms with Crippen LogP contribution in [-0.2, 0) is 4.79 Å². The van der Waals surface area contributed by atoms with Crippen LogP contribution in [-0.4, -0.2) is 52.4 Å². The van der Waals surface area contributed by atoms with Crippen molar-refractivity contribution in [3.05, 3.63) is 0 Å². The van der Waals surface area contributed by atoms with E-state index in [-0.39, 0.29) is 12.6 Å². The molecule has 0 saturated carbocycles. The Labute approximate surface area is 98.8 Å². The molecular formula is C9H18N2O4S. The van der Waals surface area contributed by atoms with E-state index < -0.39 is 18.1 Å². The van der Waals surface area contributed by atoms with E-state index in [9.17, 15) is 9.59 Å². The van der Waals surface area contributed by atoms with E-state index in [1.165, 1.54) is 0 Å². The van der Waals surface area contributed by atoms with Crippen molar-refractivity contribution in [2.24, 2.45) is 0 Å². The second-order valence-electron chi connectivity index (χ2n) is 3.27. The molecule has 0 bridgehead atoms. The number of thioether (sulfide) groups is 1. The molecule has 7 heteroatoms. The molecule has 2 unspecified atom stereocenters. The molecule has 94 valence electrons. The molecule has 0 radical (unpaired) electrons. The number of carbonyl (C=O) groups excluding carboxylic acids is 1. The second-order valence-corrected chi connectivity index (χ2v) is 4.59. The Morgan fingerprint density at radius 2 is 2.06 bits per heavy atom. The van der Waals surface area contributed by atoms with Crippen LogP contribution in [0, 0.1) is 0 Å². The van der Waals surface area contributed by atoms with Gasteiger partial charge in [-0.15, -0.1) is 0 Å². The number of aliphatic hydroxyl groups excluding tert-OH is 1. The highest BCUT2D eigenvalue weighted by atomic mass is 32.2. The van der Waals surface area contributed by atoms with Crippen molar-refractivity contribution in [3.63, 3.8) is 0 Å². The molecule has 0 aliphatic carbocycles. The predicted molar refractivity (Wildman–Crippen MR) is 62.6 cm³/mol. The van der Waals surface area contributed by atoms with E-state index >= 15 is 0 Å². The van der Waals surface area contributed by atoms with Crippen LogP contribution in [0.1, 0.15) is 13.8 Å². The summed E-state index contributed by atoms with van der Waals surface area (Å²) in [6.07, 6.45) is -1.56. The maximum atomic E-state index is 11.2. The van der Waals surface area contributed by atoms with Crippen molar-refractivity contribution in [1.29, 1.82) is 0 Å². The summed E-state index contributed by atoms with van der Waals surface area (Å²) in [5.74, 6) is 0.423. The number of amides is 2. The number of carboxylic acid groups (broad SMARTS) is 1. The highest BCUT2D eigenvalue weighted by Gasteiger charge is 2.14. The zero-order valence-electron chi connectivity index (χ0n) is 9.40. The van der Waals surface area contributed by atoms with Gasteiger partial charge in [0.2, 0.25) is 0 Å². The number of carbonyl (C=O) groups is 2. The molecular weight excluding hydrogens is 232 g/mol. The first kappa shape index (κ1) is 15.0. The van der Waals surface area contributed by atoms with Gasteiger partial charge in [0.25, 0.3) is 0 Å². The van der Waals surface area contributed by atoms with Crippen molar-refractivity contribution in [1.82, 2.24) is 10.6 Å². The Kier molecular flexibility index (Phi) is 7.74. The topological polar surface area (TPSA) is 98.7 Å². The van der Waals surface area contributed by atoms with E-state index in [0.717, 1.165) is 11.5 Å². The normalized spacial score (nSPS) is 13.9. The van der Waals surface area contributed by atoms with Gasteiger partial charge in [-0.05, 0) is 12.7 Å². The maximum absolute atomic E-state index is 11.2. The fourth-order valence-corrected chi connectivity index (χ4v) is 1.56. The molecule has 6 nitrogen and oxygen atoms in total. The van der Waals surface area contributed by atoms with Crippen LogP contribution >= 0.6 is 11.8 Å². The molecule has 0 fully saturated rings. The molecule has 2 atom stereocenters. The molecule has 2 amide bonds. The number of hydrogen-bond donors (Lipinski definition) is 4. The Morgan fingerprint density at radius 3 is 2.56 bits per heavy atom. The molecule has 0 saturated heterocycles. The standard InChI is InChI=1S/C9H18N2O4S/c1-3-16-5-6(2)11-9(15)10-4-7(12)8(13)14/h6-7,12H,3-5H2,1-2H3,(H,13,14)(H2,10,11,15). The Balaban J connectivity index is 3.69. The van der Waals surface area contributed by atoms with Crippen molar-refractivity contribution < 1.29 is 19.8 Å². The van der Waals surface area contributed by atoms with Crippen LogP contribution in [0.25, 0.3) is 0 Å². The Bertz CT molecular complexity index is 238. The van der Waals surface area contributed by atoms with E-state index in [0.29, 0.717) is 0 Å². The SMILES string of the molecule is CCSCC(C)NC(=O)NCC(O)C(=O)O. The maximum Gasteiger partial charge on any atom is 0.334 e. The largest absolute Gasteiger partial charge is 0.479 e. The molecule has 0 aliphatic heterocycles. The van der Waals surface area contributed by atoms with Gasteiger partial charge in [-0.2, -0.15) is 11.8 Å². The molecule has 4 N–H and O–H groups in total. The highest BCUT2D eigenvalue weighted by molar-refractivity contribution is 7.99. The Hall–Kier alpha value is -0.950. The number of aliphatic hydroxyl groups is 1. The van der Waals surface area contributed by atoms with Crippen LogP contribution in [0.3, 0.4) is 0 Å². The van der Waals surface area contributed by atoms with Crippen LogP contribution in [0.15, 0.2) is 0 Å². The zero-order chi connectivity index (χ0) is 12.6. The first-order chi connectivity index (χ1) is 7.47. The number of carboxylic acids is 1. The fourth-order valence-electron chi connectivity index (χ4n) is 0.888. The van der Waals surface area contributed by atoms with Gasteiger partial charge in [0.1, 0.15) is 0 Å². The summed E-state index contributed by atoms with van der Waals surface area (Å²) in [4.78, 5) is 21.5. The van der Waals surface area contributed by atoms with Gasteiger partial charge in [0.15, 0.2) is 6.10 Å². The lowest BCUT2D eigenvalue weighted by Gasteiger charge is -2.14. The second kappa shape index (κ2) is 8.23. The monoisotopic (exact) mass is 250 g/mol. The van der Waals surface area contributed by atoms with Crippen molar-refractivity contribution in [3.8, 4) is 0 Å². The van der Waals surface area contributed by atoms with Crippen LogP contribution in [0.2, 0.25) is 0 Å². The number of nitrogens with one attached hydrogen (secondary N) is 2. The summed E-state index contributed by atoms with van der Waals surface area (Å²) in [5.41, 5.74) is 0. The van der Waals surface area contributed by atoms with E-state index in [4.69, 9.17) is 10.2 Å². The predicted octanol–water partition coefficient (Wildman–Crippen LogP) is -0.127. The quantitative estimate of drug-likeness (QED) is 0.504. The number of hydrogen-bond acceptors (Lipinski definition) is 4. The van der Waals surface area contributed by atoms with Crippen LogP contribution < -0.4 is 10.6 Å². The molecule has 0 heterocycles. The molecule has 0 rings (SSSR count). The molecule has 0 spiro atoms. The first-order valence-electron chi connectivity index (χ1n) is 5.00. The van der Waals surface area contributed by atoms with Crippen molar-refractivity contribution in [2.75, 3.05) is 18.1 Å².